The van der Waals surface area contributed by atoms with Crippen LogP contribution in [-0.4, -0.2) is 25.9 Å². The maximum atomic E-state index is 12.9. The van der Waals surface area contributed by atoms with E-state index in [2.05, 4.69) is 5.32 Å². The zero-order chi connectivity index (χ0) is 24.9. The lowest BCUT2D eigenvalue weighted by molar-refractivity contribution is -0.111. The first-order valence-corrected chi connectivity index (χ1v) is 12.6. The number of ether oxygens (including phenoxy) is 2. The van der Waals surface area contributed by atoms with Crippen LogP contribution in [0.25, 0.3) is 27.7 Å². The molecule has 6 heteroatoms. The topological polar surface area (TPSA) is 60.7 Å². The van der Waals surface area contributed by atoms with Crippen molar-refractivity contribution in [3.63, 3.8) is 0 Å². The molecule has 4 aromatic rings. The van der Waals surface area contributed by atoms with E-state index in [1.807, 2.05) is 81.6 Å². The second kappa shape index (κ2) is 10.7. The van der Waals surface area contributed by atoms with E-state index in [0.717, 1.165) is 60.9 Å². The molecule has 0 fully saturated rings. The molecule has 4 rings (SSSR count). The Balaban J connectivity index is 1.78. The van der Waals surface area contributed by atoms with Crippen molar-refractivity contribution in [1.29, 1.82) is 0 Å². The van der Waals surface area contributed by atoms with Gasteiger partial charge in [-0.2, -0.15) is 0 Å². The number of nitrogens with one attached hydrogen (secondary N) is 1. The van der Waals surface area contributed by atoms with Gasteiger partial charge in [0.05, 0.1) is 25.7 Å². The minimum atomic E-state index is -0.190. The van der Waals surface area contributed by atoms with Crippen molar-refractivity contribution in [2.75, 3.05) is 25.3 Å². The van der Waals surface area contributed by atoms with Gasteiger partial charge in [-0.1, -0.05) is 24.3 Å². The Morgan fingerprint density at radius 2 is 1.94 bits per heavy atom. The van der Waals surface area contributed by atoms with Gasteiger partial charge in [-0.3, -0.25) is 4.79 Å². The first-order chi connectivity index (χ1) is 17.0. The highest BCUT2D eigenvalue weighted by Gasteiger charge is 2.19. The number of hydrogen-bond acceptors (Lipinski definition) is 5. The number of rotatable bonds is 8. The average molecular weight is 488 g/mol. The number of carbonyl (C=O) groups is 1. The number of benzene rings is 3. The average Bonchev–Trinajstić information content (AvgIpc) is 3.30. The van der Waals surface area contributed by atoms with Gasteiger partial charge in [0.25, 0.3) is 0 Å². The number of hydrogen-bond donors (Lipinski definition) is 1. The van der Waals surface area contributed by atoms with E-state index in [1.54, 1.807) is 31.2 Å². The molecule has 0 atom stereocenters. The molecule has 0 bridgehead atoms. The zero-order valence-electron chi connectivity index (χ0n) is 20.6. The summed E-state index contributed by atoms with van der Waals surface area (Å²) in [4.78, 5) is 13.9. The lowest BCUT2D eigenvalue weighted by Crippen LogP contribution is -2.09. The molecule has 0 unspecified atom stereocenters. The molecule has 1 amide bonds. The van der Waals surface area contributed by atoms with E-state index >= 15 is 0 Å². The van der Waals surface area contributed by atoms with Crippen LogP contribution >= 0.6 is 11.8 Å². The van der Waals surface area contributed by atoms with Crippen LogP contribution in [0.3, 0.4) is 0 Å². The van der Waals surface area contributed by atoms with E-state index in [0.29, 0.717) is 6.61 Å². The van der Waals surface area contributed by atoms with E-state index < -0.39 is 0 Å². The number of carbonyl (C=O) groups excluding carboxylic acids is 1. The van der Waals surface area contributed by atoms with Crippen LogP contribution in [0, 0.1) is 6.92 Å². The lowest BCUT2D eigenvalue weighted by atomic mass is 9.96. The number of amides is 1. The molecule has 35 heavy (non-hydrogen) atoms. The first-order valence-electron chi connectivity index (χ1n) is 11.4. The summed E-state index contributed by atoms with van der Waals surface area (Å²) < 4.78 is 17.4. The predicted molar refractivity (Wildman–Crippen MR) is 145 cm³/mol. The Kier molecular flexibility index (Phi) is 7.51. The Labute approximate surface area is 210 Å². The van der Waals surface area contributed by atoms with Gasteiger partial charge < -0.3 is 19.2 Å². The zero-order valence-corrected chi connectivity index (χ0v) is 21.4. The Morgan fingerprint density at radius 3 is 2.69 bits per heavy atom. The van der Waals surface area contributed by atoms with Crippen LogP contribution in [-0.2, 0) is 4.79 Å². The van der Waals surface area contributed by atoms with Crippen LogP contribution in [0.15, 0.2) is 76.2 Å². The van der Waals surface area contributed by atoms with Crippen molar-refractivity contribution >= 4 is 39.9 Å². The number of aryl methyl sites for hydroxylation is 1. The largest absolute Gasteiger partial charge is 0.497 e. The van der Waals surface area contributed by atoms with Crippen molar-refractivity contribution in [3.8, 4) is 22.6 Å². The minimum Gasteiger partial charge on any atom is -0.497 e. The van der Waals surface area contributed by atoms with Crippen LogP contribution in [0.2, 0.25) is 0 Å². The Morgan fingerprint density at radius 1 is 1.14 bits per heavy atom. The Hall–Kier alpha value is -3.64. The third kappa shape index (κ3) is 5.08. The van der Waals surface area contributed by atoms with Crippen LogP contribution < -0.4 is 14.8 Å². The van der Waals surface area contributed by atoms with E-state index in [9.17, 15) is 4.79 Å². The molecule has 1 heterocycles. The predicted octanol–water partition coefficient (Wildman–Crippen LogP) is 7.58. The molecular weight excluding hydrogens is 458 g/mol. The van der Waals surface area contributed by atoms with Gasteiger partial charge in [-0.05, 0) is 68.5 Å². The number of fused-ring (bicyclic) bond motifs is 1. The molecule has 3 aromatic carbocycles. The van der Waals surface area contributed by atoms with Gasteiger partial charge in [0, 0.05) is 33.0 Å². The molecule has 0 saturated carbocycles. The Bertz CT molecular complexity index is 1400. The molecule has 1 aromatic heterocycles. The standard InChI is InChI=1S/C29H29NO4S/c1-6-33-28-19(3)29-23(24(17-34-29)20-10-9-11-21(15-20)32-4)16-22(28)18(2)14-27(31)30-25-12-7-8-13-26(25)35-5/h7-17H,6H2,1-5H3,(H,30,31)/b18-14+. The summed E-state index contributed by atoms with van der Waals surface area (Å²) in [6.07, 6.45) is 5.37. The minimum absolute atomic E-state index is 0.190. The van der Waals surface area contributed by atoms with Crippen molar-refractivity contribution in [2.45, 2.75) is 25.7 Å². The van der Waals surface area contributed by atoms with E-state index in [-0.39, 0.29) is 5.91 Å². The molecule has 0 aliphatic heterocycles. The molecule has 0 spiro atoms. The molecule has 0 aliphatic rings. The van der Waals surface area contributed by atoms with Gasteiger partial charge in [0.2, 0.25) is 5.91 Å². The molecule has 180 valence electrons. The summed E-state index contributed by atoms with van der Waals surface area (Å²) in [6.45, 7) is 6.36. The quantitative estimate of drug-likeness (QED) is 0.205. The number of anilines is 1. The van der Waals surface area contributed by atoms with Gasteiger partial charge in [-0.25, -0.2) is 0 Å². The monoisotopic (exact) mass is 487 g/mol. The summed E-state index contributed by atoms with van der Waals surface area (Å²) in [5.74, 6) is 1.31. The van der Waals surface area contributed by atoms with Gasteiger partial charge in [0.15, 0.2) is 0 Å². The summed E-state index contributed by atoms with van der Waals surface area (Å²) in [5.41, 5.74) is 6.06. The lowest BCUT2D eigenvalue weighted by Gasteiger charge is -2.15. The number of furan rings is 1. The number of allylic oxidation sites excluding steroid dienone is 1. The number of thioether (sulfide) groups is 1. The summed E-state index contributed by atoms with van der Waals surface area (Å²) in [7, 11) is 1.65. The number of para-hydroxylation sites is 1. The highest BCUT2D eigenvalue weighted by atomic mass is 32.2. The number of methoxy groups -OCH3 is 1. The summed E-state index contributed by atoms with van der Waals surface area (Å²) >= 11 is 1.59. The van der Waals surface area contributed by atoms with E-state index in [1.165, 1.54) is 0 Å². The van der Waals surface area contributed by atoms with Crippen LogP contribution in [0.5, 0.6) is 11.5 Å². The highest BCUT2D eigenvalue weighted by Crippen LogP contribution is 2.41. The fraction of sp³-hybridized carbons (Fsp3) is 0.207. The van der Waals surface area contributed by atoms with E-state index in [4.69, 9.17) is 13.9 Å². The van der Waals surface area contributed by atoms with Crippen molar-refractivity contribution in [2.24, 2.45) is 0 Å². The van der Waals surface area contributed by atoms with Crippen LogP contribution in [0.4, 0.5) is 5.69 Å². The SMILES string of the molecule is CCOc1c(/C(C)=C/C(=O)Nc2ccccc2SC)cc2c(-c3cccc(OC)c3)coc2c1C. The summed E-state index contributed by atoms with van der Waals surface area (Å²) in [5, 5.41) is 3.95. The van der Waals surface area contributed by atoms with Gasteiger partial charge in [0.1, 0.15) is 17.1 Å². The van der Waals surface area contributed by atoms with Crippen LogP contribution in [0.1, 0.15) is 25.0 Å². The first kappa shape index (κ1) is 24.5. The van der Waals surface area contributed by atoms with Gasteiger partial charge >= 0.3 is 0 Å². The fourth-order valence-corrected chi connectivity index (χ4v) is 4.70. The summed E-state index contributed by atoms with van der Waals surface area (Å²) in [6, 6.07) is 17.7. The maximum absolute atomic E-state index is 12.9. The molecule has 1 N–H and O–H groups in total. The second-order valence-electron chi connectivity index (χ2n) is 8.09. The van der Waals surface area contributed by atoms with Crippen molar-refractivity contribution in [1.82, 2.24) is 0 Å². The van der Waals surface area contributed by atoms with Crippen molar-refractivity contribution in [3.05, 3.63) is 78.1 Å². The molecule has 0 aliphatic carbocycles. The smallest absolute Gasteiger partial charge is 0.248 e. The third-order valence-corrected chi connectivity index (χ3v) is 6.65. The molecule has 0 radical (unpaired) electrons. The van der Waals surface area contributed by atoms with Crippen molar-refractivity contribution < 1.29 is 18.7 Å². The highest BCUT2D eigenvalue weighted by molar-refractivity contribution is 7.98. The fourth-order valence-electron chi connectivity index (χ4n) is 4.14. The molecule has 0 saturated heterocycles. The third-order valence-electron chi connectivity index (χ3n) is 5.85. The molecular formula is C29H29NO4S. The maximum Gasteiger partial charge on any atom is 0.248 e. The normalized spacial score (nSPS) is 11.5. The second-order valence-corrected chi connectivity index (χ2v) is 8.93. The molecule has 5 nitrogen and oxygen atoms in total. The van der Waals surface area contributed by atoms with Gasteiger partial charge in [-0.15, -0.1) is 11.8 Å².